The Bertz CT molecular complexity index is 1010. The van der Waals surface area contributed by atoms with Crippen molar-refractivity contribution in [2.75, 3.05) is 0 Å². The van der Waals surface area contributed by atoms with Gasteiger partial charge in [0.25, 0.3) is 0 Å². The molecule has 0 atom stereocenters. The number of allylic oxidation sites excluding steroid dienone is 3. The zero-order valence-corrected chi connectivity index (χ0v) is 13.2. The van der Waals surface area contributed by atoms with E-state index in [2.05, 4.69) is 0 Å². The normalized spacial score (nSPS) is 11.7. The summed E-state index contributed by atoms with van der Waals surface area (Å²) in [6.07, 6.45) is 6.49. The molecule has 3 rings (SSSR count). The Morgan fingerprint density at radius 2 is 2.00 bits per heavy atom. The quantitative estimate of drug-likeness (QED) is 0.238. The van der Waals surface area contributed by atoms with Crippen LogP contribution in [0.25, 0.3) is 21.7 Å². The van der Waals surface area contributed by atoms with Crippen molar-refractivity contribution in [3.05, 3.63) is 82.8 Å². The molecule has 1 heterocycles. The molecule has 0 spiro atoms. The second-order valence-corrected chi connectivity index (χ2v) is 5.24. The van der Waals surface area contributed by atoms with Gasteiger partial charge < -0.3 is 9.15 Å². The maximum absolute atomic E-state index is 11.8. The summed E-state index contributed by atoms with van der Waals surface area (Å²) >= 11 is 0. The fraction of sp³-hybridized carbons (Fsp3) is 0.100. The molecule has 2 aromatic carbocycles. The number of rotatable bonds is 4. The average molecular weight is 320 g/mol. The van der Waals surface area contributed by atoms with Crippen LogP contribution >= 0.6 is 0 Å². The molecule has 0 saturated heterocycles. The van der Waals surface area contributed by atoms with Gasteiger partial charge in [0.1, 0.15) is 12.2 Å². The molecule has 0 aliphatic rings. The van der Waals surface area contributed by atoms with Crippen molar-refractivity contribution in [1.82, 2.24) is 0 Å². The molecule has 0 aliphatic heterocycles. The highest BCUT2D eigenvalue weighted by Gasteiger charge is 2.10. The molecule has 0 N–H and O–H groups in total. The first kappa shape index (κ1) is 15.7. The van der Waals surface area contributed by atoms with Gasteiger partial charge in [0, 0.05) is 23.1 Å². The van der Waals surface area contributed by atoms with Crippen LogP contribution in [-0.4, -0.2) is 5.97 Å². The van der Waals surface area contributed by atoms with E-state index in [1.807, 2.05) is 43.3 Å². The zero-order chi connectivity index (χ0) is 16.9. The summed E-state index contributed by atoms with van der Waals surface area (Å²) < 4.78 is 10.5. The number of carbonyl (C=O) groups is 1. The average Bonchev–Trinajstić information content (AvgIpc) is 2.59. The van der Waals surface area contributed by atoms with E-state index in [9.17, 15) is 9.59 Å². The standard InChI is InChI=1S/C20H16O4/c1-2-3-4-9-18(21)23-13-15-12-19(22)24-17-11-10-14-7-5-6-8-16(14)20(15)17/h2-12H,13H2,1H3. The molecule has 0 bridgehead atoms. The summed E-state index contributed by atoms with van der Waals surface area (Å²) in [4.78, 5) is 23.5. The molecule has 0 aliphatic carbocycles. The van der Waals surface area contributed by atoms with Gasteiger partial charge in [-0.3, -0.25) is 0 Å². The maximum Gasteiger partial charge on any atom is 0.336 e. The van der Waals surface area contributed by atoms with Gasteiger partial charge in [-0.05, 0) is 23.8 Å². The molecule has 4 heteroatoms. The van der Waals surface area contributed by atoms with Gasteiger partial charge in [-0.1, -0.05) is 48.6 Å². The lowest BCUT2D eigenvalue weighted by Crippen LogP contribution is -2.06. The Morgan fingerprint density at radius 1 is 1.17 bits per heavy atom. The van der Waals surface area contributed by atoms with Crippen LogP contribution in [0, 0.1) is 0 Å². The number of ether oxygens (including phenoxy) is 1. The molecule has 4 nitrogen and oxygen atoms in total. The third kappa shape index (κ3) is 3.27. The third-order valence-electron chi connectivity index (χ3n) is 3.62. The topological polar surface area (TPSA) is 56.5 Å². The van der Waals surface area contributed by atoms with Crippen molar-refractivity contribution < 1.29 is 13.9 Å². The lowest BCUT2D eigenvalue weighted by Gasteiger charge is -2.08. The lowest BCUT2D eigenvalue weighted by molar-refractivity contribution is -0.138. The van der Waals surface area contributed by atoms with E-state index in [1.165, 1.54) is 12.1 Å². The molecule has 120 valence electrons. The highest BCUT2D eigenvalue weighted by molar-refractivity contribution is 6.07. The number of hydrogen-bond acceptors (Lipinski definition) is 4. The summed E-state index contributed by atoms with van der Waals surface area (Å²) in [5.74, 6) is -0.463. The van der Waals surface area contributed by atoms with E-state index < -0.39 is 11.6 Å². The van der Waals surface area contributed by atoms with Gasteiger partial charge in [0.2, 0.25) is 0 Å². The van der Waals surface area contributed by atoms with Crippen LogP contribution < -0.4 is 5.63 Å². The summed E-state index contributed by atoms with van der Waals surface area (Å²) in [6.45, 7) is 1.87. The Labute approximate surface area is 138 Å². The van der Waals surface area contributed by atoms with Crippen molar-refractivity contribution >= 4 is 27.7 Å². The number of esters is 1. The van der Waals surface area contributed by atoms with Crippen LogP contribution in [0.1, 0.15) is 12.5 Å². The molecular formula is C20H16O4. The van der Waals surface area contributed by atoms with E-state index in [1.54, 1.807) is 18.2 Å². The second-order valence-electron chi connectivity index (χ2n) is 5.24. The Kier molecular flexibility index (Phi) is 4.57. The Hall–Kier alpha value is -3.14. The van der Waals surface area contributed by atoms with Gasteiger partial charge in [0.15, 0.2) is 0 Å². The van der Waals surface area contributed by atoms with Crippen LogP contribution in [-0.2, 0) is 16.1 Å². The third-order valence-corrected chi connectivity index (χ3v) is 3.62. The Balaban J connectivity index is 2.02. The summed E-state index contributed by atoms with van der Waals surface area (Å²) in [5, 5.41) is 2.77. The van der Waals surface area contributed by atoms with Gasteiger partial charge in [-0.2, -0.15) is 0 Å². The minimum atomic E-state index is -0.465. The van der Waals surface area contributed by atoms with Crippen LogP contribution in [0.15, 0.2) is 76.0 Å². The first-order valence-corrected chi connectivity index (χ1v) is 7.59. The highest BCUT2D eigenvalue weighted by Crippen LogP contribution is 2.27. The van der Waals surface area contributed by atoms with Gasteiger partial charge in [0.05, 0.1) is 0 Å². The molecular weight excluding hydrogens is 304 g/mol. The first-order chi connectivity index (χ1) is 11.7. The van der Waals surface area contributed by atoms with Crippen molar-refractivity contribution in [3.63, 3.8) is 0 Å². The number of carbonyl (C=O) groups excluding carboxylic acids is 1. The minimum Gasteiger partial charge on any atom is -0.458 e. The Morgan fingerprint density at radius 3 is 2.83 bits per heavy atom. The van der Waals surface area contributed by atoms with Crippen LogP contribution in [0.3, 0.4) is 0 Å². The van der Waals surface area contributed by atoms with Gasteiger partial charge >= 0.3 is 11.6 Å². The van der Waals surface area contributed by atoms with E-state index in [0.29, 0.717) is 11.1 Å². The van der Waals surface area contributed by atoms with Crippen molar-refractivity contribution in [3.8, 4) is 0 Å². The molecule has 3 aromatic rings. The van der Waals surface area contributed by atoms with Crippen LogP contribution in [0.5, 0.6) is 0 Å². The van der Waals surface area contributed by atoms with Crippen molar-refractivity contribution in [2.45, 2.75) is 13.5 Å². The monoisotopic (exact) mass is 320 g/mol. The molecule has 0 fully saturated rings. The number of benzene rings is 2. The highest BCUT2D eigenvalue weighted by atomic mass is 16.5. The van der Waals surface area contributed by atoms with E-state index in [4.69, 9.17) is 9.15 Å². The molecule has 0 amide bonds. The predicted octanol–water partition coefficient (Wildman–Crippen LogP) is 4.12. The summed E-state index contributed by atoms with van der Waals surface area (Å²) in [6, 6.07) is 12.8. The second kappa shape index (κ2) is 6.96. The fourth-order valence-electron chi connectivity index (χ4n) is 2.58. The minimum absolute atomic E-state index is 0.00905. The van der Waals surface area contributed by atoms with E-state index >= 15 is 0 Å². The smallest absolute Gasteiger partial charge is 0.336 e. The largest absolute Gasteiger partial charge is 0.458 e. The zero-order valence-electron chi connectivity index (χ0n) is 13.2. The summed E-state index contributed by atoms with van der Waals surface area (Å²) in [7, 11) is 0. The molecule has 0 unspecified atom stereocenters. The number of hydrogen-bond donors (Lipinski definition) is 0. The van der Waals surface area contributed by atoms with Crippen LogP contribution in [0.2, 0.25) is 0 Å². The fourth-order valence-corrected chi connectivity index (χ4v) is 2.58. The first-order valence-electron chi connectivity index (χ1n) is 7.59. The van der Waals surface area contributed by atoms with Crippen LogP contribution in [0.4, 0.5) is 0 Å². The molecule has 0 radical (unpaired) electrons. The molecule has 0 saturated carbocycles. The molecule has 24 heavy (non-hydrogen) atoms. The maximum atomic E-state index is 11.8. The van der Waals surface area contributed by atoms with Crippen molar-refractivity contribution in [2.24, 2.45) is 0 Å². The molecule has 1 aromatic heterocycles. The van der Waals surface area contributed by atoms with E-state index in [0.717, 1.165) is 16.2 Å². The lowest BCUT2D eigenvalue weighted by atomic mass is 10.0. The number of fused-ring (bicyclic) bond motifs is 3. The van der Waals surface area contributed by atoms with Crippen molar-refractivity contribution in [1.29, 1.82) is 0 Å². The van der Waals surface area contributed by atoms with Gasteiger partial charge in [-0.25, -0.2) is 9.59 Å². The predicted molar refractivity (Wildman–Crippen MR) is 93.7 cm³/mol. The van der Waals surface area contributed by atoms with Gasteiger partial charge in [-0.15, -0.1) is 0 Å². The summed E-state index contributed by atoms with van der Waals surface area (Å²) in [5.41, 5.74) is 0.649. The SMILES string of the molecule is CC=CC=CC(=O)OCc1cc(=O)oc2ccc3ccccc3c12. The van der Waals surface area contributed by atoms with E-state index in [-0.39, 0.29) is 6.61 Å².